The molecular weight excluding hydrogens is 136 g/mol. The number of hydroxylamine groups is 1. The van der Waals surface area contributed by atoms with E-state index in [0.29, 0.717) is 0 Å². The fraction of sp³-hybridized carbons (Fsp3) is 0. The highest BCUT2D eigenvalue weighted by atomic mass is 16.5. The molecule has 5 N–H and O–H groups in total. The molecule has 10 heavy (non-hydrogen) atoms. The van der Waals surface area contributed by atoms with Crippen molar-refractivity contribution in [1.29, 1.82) is 0 Å². The Morgan fingerprint density at radius 3 is 2.50 bits per heavy atom. The molecular formula is C4H8N4O2. The van der Waals surface area contributed by atoms with Crippen LogP contribution in [0.4, 0.5) is 4.79 Å². The van der Waals surface area contributed by atoms with Gasteiger partial charge in [-0.2, -0.15) is 0 Å². The highest BCUT2D eigenvalue weighted by Gasteiger charge is 1.75. The second kappa shape index (κ2) is 5.57. The summed E-state index contributed by atoms with van der Waals surface area (Å²) in [5, 5.41) is 7.42. The molecule has 0 bridgehead atoms. The summed E-state index contributed by atoms with van der Waals surface area (Å²) in [4.78, 5) is 15.6. The van der Waals surface area contributed by atoms with E-state index in [4.69, 9.17) is 5.21 Å². The molecule has 0 saturated heterocycles. The molecule has 1 aromatic rings. The Morgan fingerprint density at radius 2 is 2.40 bits per heavy atom. The molecule has 0 atom stereocenters. The number of amides is 2. The van der Waals surface area contributed by atoms with Crippen LogP contribution >= 0.6 is 0 Å². The number of aromatic amines is 1. The largest absolute Gasteiger partial charge is 0.351 e. The highest BCUT2D eigenvalue weighted by Crippen LogP contribution is 1.62. The molecule has 6 heteroatoms. The van der Waals surface area contributed by atoms with Gasteiger partial charge in [0.15, 0.2) is 0 Å². The zero-order valence-corrected chi connectivity index (χ0v) is 5.11. The maximum absolute atomic E-state index is 9.23. The standard InChI is InChI=1S/C3H4N2.CH4N2O2/c1-2-5-3-4-1;2-1(4)3-5/h1-3H,(H,4,5);5H,(H3,2,3,4). The summed E-state index contributed by atoms with van der Waals surface area (Å²) in [6.45, 7) is 0. The summed E-state index contributed by atoms with van der Waals surface area (Å²) >= 11 is 0. The summed E-state index contributed by atoms with van der Waals surface area (Å²) in [6.07, 6.45) is 5.08. The fourth-order valence-electron chi connectivity index (χ4n) is 0.215. The number of aromatic nitrogens is 2. The van der Waals surface area contributed by atoms with Crippen molar-refractivity contribution in [2.75, 3.05) is 0 Å². The predicted molar refractivity (Wildman–Crippen MR) is 33.1 cm³/mol. The van der Waals surface area contributed by atoms with Gasteiger partial charge in [0.25, 0.3) is 0 Å². The number of imidazole rings is 1. The van der Waals surface area contributed by atoms with E-state index in [0.717, 1.165) is 0 Å². The van der Waals surface area contributed by atoms with E-state index >= 15 is 0 Å². The number of nitrogens with two attached hydrogens (primary N) is 1. The van der Waals surface area contributed by atoms with Gasteiger partial charge in [-0.15, -0.1) is 0 Å². The average molecular weight is 144 g/mol. The van der Waals surface area contributed by atoms with E-state index in [2.05, 4.69) is 15.7 Å². The Morgan fingerprint density at radius 1 is 1.80 bits per heavy atom. The van der Waals surface area contributed by atoms with E-state index in [9.17, 15) is 4.79 Å². The summed E-state index contributed by atoms with van der Waals surface area (Å²) in [5.74, 6) is 0. The first kappa shape index (κ1) is 8.44. The van der Waals surface area contributed by atoms with E-state index in [-0.39, 0.29) is 0 Å². The van der Waals surface area contributed by atoms with E-state index in [1.54, 1.807) is 18.7 Å². The van der Waals surface area contributed by atoms with Crippen LogP contribution in [0.3, 0.4) is 0 Å². The van der Waals surface area contributed by atoms with Gasteiger partial charge >= 0.3 is 6.03 Å². The van der Waals surface area contributed by atoms with Crippen molar-refractivity contribution in [3.05, 3.63) is 18.7 Å². The second-order valence-electron chi connectivity index (χ2n) is 1.24. The van der Waals surface area contributed by atoms with Gasteiger partial charge < -0.3 is 10.7 Å². The number of hydrogen-bond acceptors (Lipinski definition) is 3. The molecule has 1 rings (SSSR count). The number of rotatable bonds is 0. The Labute approximate surface area is 57.0 Å². The minimum atomic E-state index is -0.940. The van der Waals surface area contributed by atoms with Crippen molar-refractivity contribution in [3.63, 3.8) is 0 Å². The fourth-order valence-corrected chi connectivity index (χ4v) is 0.215. The second-order valence-corrected chi connectivity index (χ2v) is 1.24. The number of nitrogens with zero attached hydrogens (tertiary/aromatic N) is 1. The number of H-pyrrole nitrogens is 1. The van der Waals surface area contributed by atoms with Crippen LogP contribution < -0.4 is 11.2 Å². The van der Waals surface area contributed by atoms with Gasteiger partial charge in [0.05, 0.1) is 6.33 Å². The van der Waals surface area contributed by atoms with Crippen LogP contribution in [0.15, 0.2) is 18.7 Å². The van der Waals surface area contributed by atoms with Gasteiger partial charge in [-0.3, -0.25) is 5.21 Å². The van der Waals surface area contributed by atoms with Crippen LogP contribution in [0.25, 0.3) is 0 Å². The van der Waals surface area contributed by atoms with E-state index in [1.807, 2.05) is 0 Å². The number of carbonyl (C=O) groups excluding carboxylic acids is 1. The van der Waals surface area contributed by atoms with Gasteiger partial charge in [-0.05, 0) is 0 Å². The van der Waals surface area contributed by atoms with Crippen molar-refractivity contribution in [1.82, 2.24) is 15.4 Å². The maximum atomic E-state index is 9.23. The monoisotopic (exact) mass is 144 g/mol. The Bertz CT molecular complexity index is 145. The third kappa shape index (κ3) is 6.44. The van der Waals surface area contributed by atoms with Crippen LogP contribution in [0, 0.1) is 0 Å². The van der Waals surface area contributed by atoms with E-state index < -0.39 is 6.03 Å². The summed E-state index contributed by atoms with van der Waals surface area (Å²) < 4.78 is 0. The maximum Gasteiger partial charge on any atom is 0.335 e. The summed E-state index contributed by atoms with van der Waals surface area (Å²) in [6, 6.07) is -0.940. The molecule has 2 amide bonds. The molecule has 0 aliphatic rings. The number of urea groups is 1. The first-order chi connectivity index (χ1) is 4.77. The molecule has 0 aromatic carbocycles. The normalized spacial score (nSPS) is 7.30. The smallest absolute Gasteiger partial charge is 0.335 e. The third-order valence-corrected chi connectivity index (χ3v) is 0.516. The molecule has 0 aliphatic heterocycles. The molecule has 0 saturated carbocycles. The lowest BCUT2D eigenvalue weighted by Crippen LogP contribution is -2.25. The molecule has 1 heterocycles. The Hall–Kier alpha value is -1.56. The van der Waals surface area contributed by atoms with E-state index in [1.165, 1.54) is 5.48 Å². The minimum Gasteiger partial charge on any atom is -0.351 e. The zero-order valence-electron chi connectivity index (χ0n) is 5.11. The average Bonchev–Trinajstić information content (AvgIpc) is 2.43. The quantitative estimate of drug-likeness (QED) is 0.290. The lowest BCUT2D eigenvalue weighted by Gasteiger charge is -1.79. The molecule has 0 aliphatic carbocycles. The van der Waals surface area contributed by atoms with Crippen LogP contribution in [0.2, 0.25) is 0 Å². The van der Waals surface area contributed by atoms with Crippen molar-refractivity contribution < 1.29 is 10.0 Å². The SMILES string of the molecule is NC(=O)NO.c1c[nH]cn1. The van der Waals surface area contributed by atoms with Crippen LogP contribution in [-0.2, 0) is 0 Å². The Kier molecular flexibility index (Phi) is 4.70. The molecule has 56 valence electrons. The van der Waals surface area contributed by atoms with Gasteiger partial charge in [0.1, 0.15) is 0 Å². The predicted octanol–water partition coefficient (Wildman–Crippen LogP) is -0.546. The molecule has 6 nitrogen and oxygen atoms in total. The van der Waals surface area contributed by atoms with Crippen molar-refractivity contribution in [2.45, 2.75) is 0 Å². The lowest BCUT2D eigenvalue weighted by molar-refractivity contribution is 0.169. The molecule has 0 fully saturated rings. The van der Waals surface area contributed by atoms with Gasteiger partial charge in [0, 0.05) is 12.4 Å². The number of nitrogens with one attached hydrogen (secondary N) is 2. The first-order valence-electron chi connectivity index (χ1n) is 2.39. The number of carbonyl (C=O) groups is 1. The van der Waals surface area contributed by atoms with Crippen molar-refractivity contribution >= 4 is 6.03 Å². The first-order valence-corrected chi connectivity index (χ1v) is 2.39. The van der Waals surface area contributed by atoms with Crippen LogP contribution in [-0.4, -0.2) is 21.2 Å². The molecule has 0 unspecified atom stereocenters. The van der Waals surface area contributed by atoms with Crippen LogP contribution in [0.1, 0.15) is 0 Å². The van der Waals surface area contributed by atoms with Crippen molar-refractivity contribution in [2.24, 2.45) is 5.73 Å². The Balaban J connectivity index is 0.000000162. The lowest BCUT2D eigenvalue weighted by atomic mass is 11.0. The van der Waals surface area contributed by atoms with Crippen LogP contribution in [0.5, 0.6) is 0 Å². The number of primary amides is 1. The summed E-state index contributed by atoms with van der Waals surface area (Å²) in [7, 11) is 0. The van der Waals surface area contributed by atoms with Gasteiger partial charge in [-0.25, -0.2) is 15.3 Å². The minimum absolute atomic E-state index is 0.940. The number of hydrogen-bond donors (Lipinski definition) is 4. The van der Waals surface area contributed by atoms with Crippen molar-refractivity contribution in [3.8, 4) is 0 Å². The van der Waals surface area contributed by atoms with Gasteiger partial charge in [0.2, 0.25) is 0 Å². The highest BCUT2D eigenvalue weighted by molar-refractivity contribution is 5.69. The zero-order chi connectivity index (χ0) is 7.82. The molecule has 0 spiro atoms. The molecule has 1 aromatic heterocycles. The third-order valence-electron chi connectivity index (χ3n) is 0.516. The topological polar surface area (TPSA) is 104 Å². The summed E-state index contributed by atoms with van der Waals surface area (Å²) in [5.41, 5.74) is 5.46. The van der Waals surface area contributed by atoms with Gasteiger partial charge in [-0.1, -0.05) is 0 Å². The molecule has 0 radical (unpaired) electrons.